The van der Waals surface area contributed by atoms with E-state index >= 15 is 0 Å². The normalized spacial score (nSPS) is 14.3. The number of carbonyl (C=O) groups is 2. The summed E-state index contributed by atoms with van der Waals surface area (Å²) in [6.45, 7) is 7.31. The van der Waals surface area contributed by atoms with Crippen molar-refractivity contribution in [1.29, 1.82) is 0 Å². The predicted molar refractivity (Wildman–Crippen MR) is 170 cm³/mol. The second kappa shape index (κ2) is 14.1. The van der Waals surface area contributed by atoms with Crippen LogP contribution in [0, 0.1) is 20.8 Å². The van der Waals surface area contributed by atoms with Crippen molar-refractivity contribution in [3.63, 3.8) is 0 Å². The molecule has 1 saturated carbocycles. The Morgan fingerprint density at radius 3 is 2.16 bits per heavy atom. The van der Waals surface area contributed by atoms with E-state index in [1.807, 2.05) is 45.9 Å². The van der Waals surface area contributed by atoms with E-state index in [1.165, 1.54) is 4.90 Å². The maximum absolute atomic E-state index is 14.3. The molecule has 0 spiro atoms. The average Bonchev–Trinajstić information content (AvgIpc) is 3.50. The van der Waals surface area contributed by atoms with Crippen molar-refractivity contribution in [2.45, 2.75) is 83.3 Å². The third-order valence-electron chi connectivity index (χ3n) is 8.27. The highest BCUT2D eigenvalue weighted by molar-refractivity contribution is 7.92. The second-order valence-electron chi connectivity index (χ2n) is 11.4. The van der Waals surface area contributed by atoms with Crippen LogP contribution >= 0.6 is 0 Å². The molecular formula is C34H43N3O5S. The second-order valence-corrected chi connectivity index (χ2v) is 13.2. The van der Waals surface area contributed by atoms with Gasteiger partial charge >= 0.3 is 0 Å². The summed E-state index contributed by atoms with van der Waals surface area (Å²) in [6.07, 6.45) is 4.36. The maximum atomic E-state index is 14.3. The van der Waals surface area contributed by atoms with Crippen molar-refractivity contribution in [3.05, 3.63) is 89.0 Å². The Labute approximate surface area is 256 Å². The molecule has 0 unspecified atom stereocenters. The molecule has 0 aromatic heterocycles. The van der Waals surface area contributed by atoms with Crippen LogP contribution in [0.1, 0.15) is 61.3 Å². The number of amides is 2. The van der Waals surface area contributed by atoms with Gasteiger partial charge in [0, 0.05) is 12.6 Å². The lowest BCUT2D eigenvalue weighted by Crippen LogP contribution is -2.53. The molecule has 4 rings (SSSR count). The number of carbonyl (C=O) groups excluding carboxylic acids is 2. The number of methoxy groups -OCH3 is 1. The molecule has 1 fully saturated rings. The molecule has 1 N–H and O–H groups in total. The molecule has 1 aliphatic carbocycles. The van der Waals surface area contributed by atoms with Crippen LogP contribution in [-0.4, -0.2) is 50.9 Å². The van der Waals surface area contributed by atoms with Gasteiger partial charge in [-0.15, -0.1) is 0 Å². The first kappa shape index (κ1) is 32.1. The number of benzene rings is 3. The minimum atomic E-state index is -4.11. The Morgan fingerprint density at radius 1 is 0.930 bits per heavy atom. The molecule has 0 heterocycles. The molecule has 0 radical (unpaired) electrons. The van der Waals surface area contributed by atoms with Gasteiger partial charge in [0.15, 0.2) is 0 Å². The fourth-order valence-corrected chi connectivity index (χ4v) is 6.87. The van der Waals surface area contributed by atoms with Gasteiger partial charge in [0.05, 0.1) is 17.7 Å². The topological polar surface area (TPSA) is 96.0 Å². The van der Waals surface area contributed by atoms with E-state index in [0.29, 0.717) is 17.9 Å². The smallest absolute Gasteiger partial charge is 0.264 e. The monoisotopic (exact) mass is 605 g/mol. The quantitative estimate of drug-likeness (QED) is 0.287. The Balaban J connectivity index is 1.73. The predicted octanol–water partition coefficient (Wildman–Crippen LogP) is 5.68. The van der Waals surface area contributed by atoms with E-state index in [-0.39, 0.29) is 23.4 Å². The maximum Gasteiger partial charge on any atom is 0.264 e. The average molecular weight is 606 g/mol. The van der Waals surface area contributed by atoms with Crippen molar-refractivity contribution in [3.8, 4) is 5.75 Å². The lowest BCUT2D eigenvalue weighted by atomic mass is 10.1. The van der Waals surface area contributed by atoms with Crippen LogP contribution in [0.5, 0.6) is 5.75 Å². The molecule has 8 nitrogen and oxygen atoms in total. The number of aryl methyl sites for hydroxylation is 3. The highest BCUT2D eigenvalue weighted by atomic mass is 32.2. The van der Waals surface area contributed by atoms with Gasteiger partial charge in [-0.25, -0.2) is 8.42 Å². The summed E-state index contributed by atoms with van der Waals surface area (Å²) in [5.74, 6) is 0.00582. The molecule has 0 bridgehead atoms. The zero-order valence-corrected chi connectivity index (χ0v) is 26.6. The lowest BCUT2D eigenvalue weighted by molar-refractivity contribution is -0.140. The Kier molecular flexibility index (Phi) is 10.5. The minimum absolute atomic E-state index is 0.0911. The number of ether oxygens (including phenoxy) is 1. The van der Waals surface area contributed by atoms with Crippen molar-refractivity contribution < 1.29 is 22.7 Å². The highest BCUT2D eigenvalue weighted by Gasteiger charge is 2.34. The number of hydrogen-bond donors (Lipinski definition) is 1. The summed E-state index contributed by atoms with van der Waals surface area (Å²) in [5, 5.41) is 3.14. The zero-order valence-electron chi connectivity index (χ0n) is 25.8. The van der Waals surface area contributed by atoms with Crippen LogP contribution in [0.3, 0.4) is 0 Å². The standard InChI is InChI=1S/C34H43N3O5S/c1-6-32(34(39)35-28-9-7-8-10-28)36(22-27-14-17-30(42-5)18-15-27)33(38)23-37(29-16-13-25(3)26(4)21-29)43(40,41)31-19-11-24(2)12-20-31/h11-21,28,32H,6-10,22-23H2,1-5H3,(H,35,39)/t32-/m1/s1. The first-order valence-electron chi connectivity index (χ1n) is 14.9. The van der Waals surface area contributed by atoms with Gasteiger partial charge in [-0.1, -0.05) is 55.7 Å². The molecular weight excluding hydrogens is 562 g/mol. The van der Waals surface area contributed by atoms with Gasteiger partial charge in [0.1, 0.15) is 18.3 Å². The Bertz CT molecular complexity index is 1510. The third-order valence-corrected chi connectivity index (χ3v) is 10.1. The van der Waals surface area contributed by atoms with Gasteiger partial charge < -0.3 is 15.0 Å². The fraction of sp³-hybridized carbons (Fsp3) is 0.412. The van der Waals surface area contributed by atoms with Gasteiger partial charge in [-0.3, -0.25) is 13.9 Å². The first-order valence-corrected chi connectivity index (χ1v) is 16.4. The number of nitrogens with one attached hydrogen (secondary N) is 1. The van der Waals surface area contributed by atoms with Gasteiger partial charge in [0.25, 0.3) is 10.0 Å². The Morgan fingerprint density at radius 2 is 1.58 bits per heavy atom. The van der Waals surface area contributed by atoms with E-state index in [4.69, 9.17) is 4.74 Å². The molecule has 2 amide bonds. The van der Waals surface area contributed by atoms with Crippen molar-refractivity contribution in [1.82, 2.24) is 10.2 Å². The number of hydrogen-bond acceptors (Lipinski definition) is 5. The minimum Gasteiger partial charge on any atom is -0.497 e. The third kappa shape index (κ3) is 7.76. The fourth-order valence-electron chi connectivity index (χ4n) is 5.46. The Hall–Kier alpha value is -3.85. The summed E-state index contributed by atoms with van der Waals surface area (Å²) in [4.78, 5) is 29.5. The molecule has 3 aromatic carbocycles. The lowest BCUT2D eigenvalue weighted by Gasteiger charge is -2.34. The molecule has 0 saturated heterocycles. The van der Waals surface area contributed by atoms with Gasteiger partial charge in [-0.2, -0.15) is 0 Å². The van der Waals surface area contributed by atoms with Crippen LogP contribution in [-0.2, 0) is 26.2 Å². The van der Waals surface area contributed by atoms with E-state index in [2.05, 4.69) is 5.32 Å². The van der Waals surface area contributed by atoms with Crippen molar-refractivity contribution >= 4 is 27.5 Å². The molecule has 0 aliphatic heterocycles. The molecule has 1 atom stereocenters. The van der Waals surface area contributed by atoms with Gasteiger partial charge in [-0.05, 0) is 93.1 Å². The van der Waals surface area contributed by atoms with Crippen LogP contribution in [0.4, 0.5) is 5.69 Å². The molecule has 1 aliphatic rings. The van der Waals surface area contributed by atoms with E-state index < -0.39 is 28.5 Å². The number of nitrogens with zero attached hydrogens (tertiary/aromatic N) is 2. The van der Waals surface area contributed by atoms with E-state index in [1.54, 1.807) is 55.6 Å². The summed E-state index contributed by atoms with van der Waals surface area (Å²) >= 11 is 0. The highest BCUT2D eigenvalue weighted by Crippen LogP contribution is 2.27. The van der Waals surface area contributed by atoms with Crippen LogP contribution in [0.25, 0.3) is 0 Å². The van der Waals surface area contributed by atoms with Crippen LogP contribution in [0.2, 0.25) is 0 Å². The van der Waals surface area contributed by atoms with Crippen molar-refractivity contribution in [2.75, 3.05) is 18.0 Å². The van der Waals surface area contributed by atoms with Crippen LogP contribution < -0.4 is 14.4 Å². The van der Waals surface area contributed by atoms with Crippen LogP contribution in [0.15, 0.2) is 71.6 Å². The number of anilines is 1. The number of sulfonamides is 1. The summed E-state index contributed by atoms with van der Waals surface area (Å²) in [7, 11) is -2.53. The van der Waals surface area contributed by atoms with Gasteiger partial charge in [0.2, 0.25) is 11.8 Å². The molecule has 230 valence electrons. The summed E-state index contributed by atoms with van der Waals surface area (Å²) < 4.78 is 34.6. The molecule has 43 heavy (non-hydrogen) atoms. The number of rotatable bonds is 12. The SMILES string of the molecule is CC[C@H](C(=O)NC1CCCC1)N(Cc1ccc(OC)cc1)C(=O)CN(c1ccc(C)c(C)c1)S(=O)(=O)c1ccc(C)cc1. The molecule has 3 aromatic rings. The zero-order chi connectivity index (χ0) is 31.1. The molecule has 9 heteroatoms. The summed E-state index contributed by atoms with van der Waals surface area (Å²) in [5.41, 5.74) is 4.05. The van der Waals surface area contributed by atoms with E-state index in [9.17, 15) is 18.0 Å². The largest absolute Gasteiger partial charge is 0.497 e. The summed E-state index contributed by atoms with van der Waals surface area (Å²) in [6, 6.07) is 18.6. The van der Waals surface area contributed by atoms with E-state index in [0.717, 1.165) is 52.2 Å². The van der Waals surface area contributed by atoms with Crippen molar-refractivity contribution in [2.24, 2.45) is 0 Å². The first-order chi connectivity index (χ1) is 20.5.